The second-order valence-electron chi connectivity index (χ2n) is 36.7. The lowest BCUT2D eigenvalue weighted by atomic mass is 9.67. The van der Waals surface area contributed by atoms with Crippen LogP contribution in [0.4, 0.5) is 0 Å². The zero-order chi connectivity index (χ0) is 83.5. The largest absolute Gasteiger partial charge is 0.0713 e. The number of aryl methyl sites for hydroxylation is 6. The molecule has 8 aliphatic carbocycles. The van der Waals surface area contributed by atoms with Crippen LogP contribution in [0.1, 0.15) is 214 Å². The minimum Gasteiger partial charge on any atom is -0.0622 e. The van der Waals surface area contributed by atoms with Crippen LogP contribution >= 0.6 is 0 Å². The maximum absolute atomic E-state index is 2.40. The average Bonchev–Trinajstić information content (AvgIpc) is 1.38. The summed E-state index contributed by atoms with van der Waals surface area (Å²) in [6.07, 6.45) is 13.7. The van der Waals surface area contributed by atoms with Crippen LogP contribution in [0.5, 0.6) is 0 Å². The molecule has 0 bridgehead atoms. The van der Waals surface area contributed by atoms with Gasteiger partial charge in [-0.25, -0.2) is 0 Å². The molecule has 0 radical (unpaired) electrons. The summed E-state index contributed by atoms with van der Waals surface area (Å²) in [7, 11) is 0. The van der Waals surface area contributed by atoms with Crippen molar-refractivity contribution in [3.63, 3.8) is 0 Å². The van der Waals surface area contributed by atoms with E-state index in [1.54, 1.807) is 22.3 Å². The molecule has 600 valence electrons. The Kier molecular flexibility index (Phi) is 20.9. The van der Waals surface area contributed by atoms with E-state index in [9.17, 15) is 0 Å². The zero-order valence-electron chi connectivity index (χ0n) is 72.9. The number of hydrogen-bond acceptors (Lipinski definition) is 0. The average molecular weight is 1580 g/mol. The highest BCUT2D eigenvalue weighted by molar-refractivity contribution is 5.91. The molecule has 0 heteroatoms. The molecule has 0 nitrogen and oxygen atoms in total. The molecule has 0 aromatic heterocycles. The molecule has 2 unspecified atom stereocenters. The summed E-state index contributed by atoms with van der Waals surface area (Å²) in [6.45, 7) is 22.6. The molecule has 24 rings (SSSR count). The van der Waals surface area contributed by atoms with E-state index in [2.05, 4.69) is 445 Å². The van der Waals surface area contributed by atoms with E-state index in [0.717, 1.165) is 0 Å². The molecule has 2 atom stereocenters. The van der Waals surface area contributed by atoms with Gasteiger partial charge >= 0.3 is 0 Å². The van der Waals surface area contributed by atoms with Gasteiger partial charge in [-0.2, -0.15) is 0 Å². The lowest BCUT2D eigenvalue weighted by Crippen LogP contribution is -2.28. The van der Waals surface area contributed by atoms with E-state index in [0.29, 0.717) is 10.8 Å². The number of benzene rings is 16. The third kappa shape index (κ3) is 12.9. The van der Waals surface area contributed by atoms with Crippen LogP contribution in [-0.4, -0.2) is 0 Å². The highest BCUT2D eigenvalue weighted by atomic mass is 14.5. The summed E-state index contributed by atoms with van der Waals surface area (Å²) < 4.78 is 0. The van der Waals surface area contributed by atoms with Crippen molar-refractivity contribution < 1.29 is 0 Å². The van der Waals surface area contributed by atoms with Gasteiger partial charge in [-0.15, -0.1) is 0 Å². The smallest absolute Gasteiger partial charge is 0.0622 e. The molecule has 8 aliphatic rings. The minimum atomic E-state index is -0.263. The lowest BCUT2D eigenvalue weighted by Gasteiger charge is -2.36. The van der Waals surface area contributed by atoms with E-state index >= 15 is 0 Å². The summed E-state index contributed by atoms with van der Waals surface area (Å²) in [4.78, 5) is 0. The SMILES string of the molecule is Cc1ccc2c(c1)-c1ccccc1C2(C)c1ccccc1.Cc1ccc2c(c1)-c1ccccc1C21CCCCC1.Cc1cccc2c1-c1ccccc1C2(C)C.Cc1cccc2c1-c1ccccc1C2(C)c1ccccc1.Cc1cccc2c1-c1ccccc1C2(c1ccccc1)c1ccccc1.Cc1cccc2c1-c1ccccc1C21CCCCC1. The number of fused-ring (bicyclic) bond motifs is 22. The molecule has 16 aromatic rings. The third-order valence-electron chi connectivity index (χ3n) is 29.6. The summed E-state index contributed by atoms with van der Waals surface area (Å²) in [5.74, 6) is 0. The van der Waals surface area contributed by atoms with Gasteiger partial charge in [0.15, 0.2) is 0 Å². The Morgan fingerprint density at radius 3 is 0.934 bits per heavy atom. The predicted octanol–water partition coefficient (Wildman–Crippen LogP) is 31.8. The van der Waals surface area contributed by atoms with E-state index < -0.39 is 0 Å². The third-order valence-corrected chi connectivity index (χ3v) is 29.6. The Bertz CT molecular complexity index is 6540. The van der Waals surface area contributed by atoms with Gasteiger partial charge < -0.3 is 0 Å². The number of rotatable bonds is 4. The Hall–Kier alpha value is -12.5. The standard InChI is InChI=1S/C26H20.2C21H18.2C19H20.C16H16/c1-19-11-10-18-24-25(19)22-16-8-9-17-23(22)26(24,20-12-4-2-5-13-20)21-14-6-3-7-15-21;1-15-9-8-14-19-20(15)17-12-6-7-13-18(17)21(19,2)16-10-4-3-5-11-16;1-15-12-13-20-18(14-15)17-10-6-7-11-19(17)21(20,2)16-8-4-3-5-9-16;1-14-8-7-11-17-18(14)15-9-3-4-10-16(15)19(17)12-5-2-6-13-19;1-14-9-10-18-16(13-14)15-7-3-4-8-17(15)19(18)11-5-2-6-12-19;1-11-7-6-10-14-15(11)12-8-4-5-9-13(12)16(14,2)3/h2-18H,1H3;2*3-14H,1-2H3;3-4,7-11H,2,5-6,12-13H2,1H3;3-4,7-10,13H,2,5-6,11-12H2,1H3;4-10H,1-3H3. The second kappa shape index (κ2) is 32.2. The molecular weight excluding hydrogens is 1470 g/mol. The van der Waals surface area contributed by atoms with Crippen molar-refractivity contribution in [1.82, 2.24) is 0 Å². The van der Waals surface area contributed by atoms with Crippen molar-refractivity contribution in [1.29, 1.82) is 0 Å². The van der Waals surface area contributed by atoms with Crippen LogP contribution in [-0.2, 0) is 32.5 Å². The van der Waals surface area contributed by atoms with Crippen LogP contribution in [0.3, 0.4) is 0 Å². The van der Waals surface area contributed by atoms with Crippen molar-refractivity contribution in [3.05, 3.63) is 499 Å². The van der Waals surface area contributed by atoms with Gasteiger partial charge in [0.05, 0.1) is 5.41 Å². The minimum absolute atomic E-state index is 0.0547. The molecular formula is C122H112. The van der Waals surface area contributed by atoms with Crippen LogP contribution in [0.2, 0.25) is 0 Å². The first kappa shape index (κ1) is 79.3. The first-order valence-corrected chi connectivity index (χ1v) is 45.0. The summed E-state index contributed by atoms with van der Waals surface area (Å²) >= 11 is 0. The fraction of sp³-hybridized carbons (Fsp3) is 0.213. The molecule has 0 saturated heterocycles. The maximum atomic E-state index is 2.40. The van der Waals surface area contributed by atoms with Gasteiger partial charge in [0, 0.05) is 27.1 Å². The second-order valence-corrected chi connectivity index (χ2v) is 36.7. The monoisotopic (exact) mass is 1580 g/mol. The molecule has 122 heavy (non-hydrogen) atoms. The molecule has 2 spiro atoms. The quantitative estimate of drug-likeness (QED) is 0.165. The van der Waals surface area contributed by atoms with Crippen molar-refractivity contribution >= 4 is 0 Å². The first-order valence-electron chi connectivity index (χ1n) is 45.0. The summed E-state index contributed by atoms with van der Waals surface area (Å²) in [5, 5.41) is 0. The zero-order valence-corrected chi connectivity index (χ0v) is 72.9. The molecule has 0 N–H and O–H groups in total. The van der Waals surface area contributed by atoms with Crippen molar-refractivity contribution in [2.24, 2.45) is 0 Å². The van der Waals surface area contributed by atoms with Gasteiger partial charge in [0.2, 0.25) is 0 Å². The Labute approximate surface area is 726 Å². The molecule has 2 fully saturated rings. The topological polar surface area (TPSA) is 0 Å². The van der Waals surface area contributed by atoms with Crippen molar-refractivity contribution in [3.8, 4) is 66.8 Å². The molecule has 0 aliphatic heterocycles. The van der Waals surface area contributed by atoms with Gasteiger partial charge in [-0.3, -0.25) is 0 Å². The summed E-state index contributed by atoms with van der Waals surface area (Å²) in [5.41, 5.74) is 49.0. The van der Waals surface area contributed by atoms with Gasteiger partial charge in [0.25, 0.3) is 0 Å². The Morgan fingerprint density at radius 1 is 0.180 bits per heavy atom. The van der Waals surface area contributed by atoms with Gasteiger partial charge in [0.1, 0.15) is 0 Å². The summed E-state index contributed by atoms with van der Waals surface area (Å²) in [6, 6.07) is 138. The van der Waals surface area contributed by atoms with Crippen LogP contribution in [0.25, 0.3) is 66.8 Å². The Balaban J connectivity index is 0.0000000969. The number of hydrogen-bond donors (Lipinski definition) is 0. The van der Waals surface area contributed by atoms with Crippen LogP contribution < -0.4 is 0 Å². The molecule has 0 heterocycles. The van der Waals surface area contributed by atoms with Gasteiger partial charge in [-0.05, 0) is 259 Å². The fourth-order valence-electron chi connectivity index (χ4n) is 23.8. The van der Waals surface area contributed by atoms with Gasteiger partial charge in [-0.1, -0.05) is 440 Å². The molecule has 2 saturated carbocycles. The van der Waals surface area contributed by atoms with Crippen LogP contribution in [0, 0.1) is 41.5 Å². The van der Waals surface area contributed by atoms with Crippen molar-refractivity contribution in [2.75, 3.05) is 0 Å². The van der Waals surface area contributed by atoms with Crippen molar-refractivity contribution in [2.45, 2.75) is 166 Å². The highest BCUT2D eigenvalue weighted by Gasteiger charge is 2.49. The highest BCUT2D eigenvalue weighted by Crippen LogP contribution is 2.61. The van der Waals surface area contributed by atoms with E-state index in [1.807, 2.05) is 0 Å². The Morgan fingerprint density at radius 2 is 0.451 bits per heavy atom. The fourth-order valence-corrected chi connectivity index (χ4v) is 23.8. The first-order chi connectivity index (χ1) is 59.5. The normalized spacial score (nSPS) is 17.6. The van der Waals surface area contributed by atoms with E-state index in [1.165, 1.54) is 231 Å². The van der Waals surface area contributed by atoms with Crippen LogP contribution in [0.15, 0.2) is 376 Å². The predicted molar refractivity (Wildman–Crippen MR) is 515 cm³/mol. The van der Waals surface area contributed by atoms with E-state index in [4.69, 9.17) is 0 Å². The molecule has 0 amide bonds. The maximum Gasteiger partial charge on any atom is 0.0713 e. The molecule has 16 aromatic carbocycles. The van der Waals surface area contributed by atoms with E-state index in [-0.39, 0.29) is 21.7 Å². The lowest BCUT2D eigenvalue weighted by molar-refractivity contribution is 0.353.